The van der Waals surface area contributed by atoms with Crippen molar-refractivity contribution < 1.29 is 4.57 Å². The number of pyridine rings is 1. The lowest BCUT2D eigenvalue weighted by atomic mass is 9.58. The van der Waals surface area contributed by atoms with E-state index in [1.807, 2.05) is 0 Å². The van der Waals surface area contributed by atoms with Crippen LogP contribution in [0.25, 0.3) is 0 Å². The highest BCUT2D eigenvalue weighted by Gasteiger charge is 2.64. The maximum Gasteiger partial charge on any atom is 0.239 e. The van der Waals surface area contributed by atoms with Gasteiger partial charge in [0, 0.05) is 29.5 Å². The predicted octanol–water partition coefficient (Wildman–Crippen LogP) is 5.99. The summed E-state index contributed by atoms with van der Waals surface area (Å²) in [6, 6.07) is 34.5. The van der Waals surface area contributed by atoms with E-state index in [0.29, 0.717) is 0 Å². The largest absolute Gasteiger partial charge is 0.325 e. The fourth-order valence-corrected chi connectivity index (χ4v) is 9.08. The van der Waals surface area contributed by atoms with E-state index in [0.717, 1.165) is 19.4 Å². The minimum atomic E-state index is -0.346. The number of benzene rings is 4. The lowest BCUT2D eigenvalue weighted by molar-refractivity contribution is -0.750. The molecule has 1 spiro atoms. The van der Waals surface area contributed by atoms with Crippen LogP contribution in [0.3, 0.4) is 0 Å². The molecule has 3 unspecified atom stereocenters. The van der Waals surface area contributed by atoms with Gasteiger partial charge in [-0.05, 0) is 63.1 Å². The number of anilines is 1. The standard InChI is InChI=1S/C36H26N3/c37-20-38-19-36-33-27(12-5-13-29(33)38)31-25-10-3-1-7-21(25)17-23-14-15-28(34(36)30(23)31)32-26-11-4-2-8-22(26)18-24-9-6-16-39(36)35(24)32/h1-16,20,31-32,37H,17-19H2/q+1. The zero-order valence-corrected chi connectivity index (χ0v) is 21.5. The van der Waals surface area contributed by atoms with Gasteiger partial charge in [0.25, 0.3) is 0 Å². The van der Waals surface area contributed by atoms with Crippen LogP contribution in [0.5, 0.6) is 0 Å². The first-order valence-electron chi connectivity index (χ1n) is 14.1. The van der Waals surface area contributed by atoms with Crippen LogP contribution < -0.4 is 9.47 Å². The first-order valence-corrected chi connectivity index (χ1v) is 14.1. The molecule has 0 saturated carbocycles. The molecule has 3 atom stereocenters. The molecule has 5 aliphatic rings. The summed E-state index contributed by atoms with van der Waals surface area (Å²) in [6.45, 7) is 0.760. The van der Waals surface area contributed by atoms with Crippen molar-refractivity contribution in [1.29, 1.82) is 5.41 Å². The van der Waals surface area contributed by atoms with Crippen LogP contribution in [0.2, 0.25) is 0 Å². The molecular formula is C36H26N3+. The minimum absolute atomic E-state index is 0.220. The van der Waals surface area contributed by atoms with Crippen molar-refractivity contribution in [2.45, 2.75) is 30.2 Å². The monoisotopic (exact) mass is 500 g/mol. The molecule has 39 heavy (non-hydrogen) atoms. The summed E-state index contributed by atoms with van der Waals surface area (Å²) in [5.41, 5.74) is 18.2. The smallest absolute Gasteiger partial charge is 0.239 e. The Bertz CT molecular complexity index is 1950. The zero-order valence-electron chi connectivity index (χ0n) is 21.5. The van der Waals surface area contributed by atoms with Gasteiger partial charge in [0.15, 0.2) is 11.9 Å². The van der Waals surface area contributed by atoms with Crippen molar-refractivity contribution in [3.8, 4) is 0 Å². The van der Waals surface area contributed by atoms with E-state index in [4.69, 9.17) is 5.41 Å². The van der Waals surface area contributed by atoms with Crippen LogP contribution in [0.4, 0.5) is 5.69 Å². The van der Waals surface area contributed by atoms with Gasteiger partial charge in [0.05, 0.1) is 30.1 Å². The molecule has 1 N–H and O–H groups in total. The molecule has 0 saturated heterocycles. The SMILES string of the molecule is N=CN1CC23c4c(cccc41)C1c4ccccc4Cc4ccc(c2c41)C1c2ccccc2Cc2ccc[n+]3c21. The van der Waals surface area contributed by atoms with E-state index in [1.165, 1.54) is 72.6 Å². The number of aromatic nitrogens is 1. The van der Waals surface area contributed by atoms with E-state index >= 15 is 0 Å². The Morgan fingerprint density at radius 1 is 0.667 bits per heavy atom. The number of nitrogens with one attached hydrogen (secondary N) is 1. The van der Waals surface area contributed by atoms with E-state index in [2.05, 4.69) is 107 Å². The summed E-state index contributed by atoms with van der Waals surface area (Å²) in [4.78, 5) is 2.19. The Balaban J connectivity index is 1.42. The van der Waals surface area contributed by atoms with Crippen LogP contribution in [0.1, 0.15) is 78.7 Å². The van der Waals surface area contributed by atoms with E-state index < -0.39 is 0 Å². The fourth-order valence-electron chi connectivity index (χ4n) is 9.08. The lowest BCUT2D eigenvalue weighted by Gasteiger charge is -2.46. The molecule has 10 rings (SSSR count). The highest BCUT2D eigenvalue weighted by molar-refractivity contribution is 5.87. The second-order valence-electron chi connectivity index (χ2n) is 11.9. The molecular weight excluding hydrogens is 474 g/mol. The van der Waals surface area contributed by atoms with Gasteiger partial charge >= 0.3 is 0 Å². The van der Waals surface area contributed by atoms with Crippen LogP contribution in [0, 0.1) is 5.41 Å². The second kappa shape index (κ2) is 6.73. The van der Waals surface area contributed by atoms with Crippen molar-refractivity contribution in [3.63, 3.8) is 0 Å². The predicted molar refractivity (Wildman–Crippen MR) is 152 cm³/mol. The highest BCUT2D eigenvalue weighted by atomic mass is 15.2. The summed E-state index contributed by atoms with van der Waals surface area (Å²) >= 11 is 0. The van der Waals surface area contributed by atoms with Gasteiger partial charge in [-0.25, -0.2) is 0 Å². The topological polar surface area (TPSA) is 31.0 Å². The molecule has 4 aromatic carbocycles. The van der Waals surface area contributed by atoms with Crippen LogP contribution >= 0.6 is 0 Å². The lowest BCUT2D eigenvalue weighted by Crippen LogP contribution is -2.67. The number of hydrogen-bond acceptors (Lipinski definition) is 1. The first kappa shape index (κ1) is 20.5. The third-order valence-corrected chi connectivity index (χ3v) is 10.3. The average molecular weight is 501 g/mol. The van der Waals surface area contributed by atoms with Crippen molar-refractivity contribution in [1.82, 2.24) is 0 Å². The van der Waals surface area contributed by atoms with E-state index in [9.17, 15) is 0 Å². The number of rotatable bonds is 1. The van der Waals surface area contributed by atoms with Gasteiger partial charge in [-0.2, -0.15) is 4.57 Å². The third kappa shape index (κ3) is 2.18. The number of hydrogen-bond donors (Lipinski definition) is 1. The Hall–Kier alpha value is -4.50. The normalized spacial score (nSPS) is 23.2. The molecule has 0 bridgehead atoms. The molecule has 0 amide bonds. The molecule has 3 aliphatic carbocycles. The van der Waals surface area contributed by atoms with Gasteiger partial charge in [-0.1, -0.05) is 72.8 Å². The van der Waals surface area contributed by atoms with Gasteiger partial charge < -0.3 is 4.90 Å². The van der Waals surface area contributed by atoms with Crippen LogP contribution in [-0.2, 0) is 18.4 Å². The molecule has 3 heteroatoms. The van der Waals surface area contributed by atoms with E-state index in [-0.39, 0.29) is 17.4 Å². The number of fused-ring (bicyclic) bond motifs is 6. The Morgan fingerprint density at radius 3 is 2.18 bits per heavy atom. The average Bonchev–Trinajstić information content (AvgIpc) is 3.33. The summed E-state index contributed by atoms with van der Waals surface area (Å²) in [6.07, 6.45) is 5.84. The van der Waals surface area contributed by atoms with Crippen molar-refractivity contribution in [2.24, 2.45) is 0 Å². The summed E-state index contributed by atoms with van der Waals surface area (Å²) in [7, 11) is 0. The molecule has 3 heterocycles. The first-order chi connectivity index (χ1) is 19.3. The molecule has 0 fully saturated rings. The Kier molecular flexibility index (Phi) is 3.53. The van der Waals surface area contributed by atoms with Crippen LogP contribution in [-0.4, -0.2) is 12.9 Å². The van der Waals surface area contributed by atoms with Gasteiger partial charge in [-0.3, -0.25) is 5.41 Å². The highest BCUT2D eigenvalue weighted by Crippen LogP contribution is 2.61. The minimum Gasteiger partial charge on any atom is -0.325 e. The molecule has 5 aromatic rings. The fraction of sp³-hybridized carbons (Fsp3) is 0.167. The van der Waals surface area contributed by atoms with Gasteiger partial charge in [0.2, 0.25) is 5.54 Å². The van der Waals surface area contributed by atoms with Crippen molar-refractivity contribution in [2.75, 3.05) is 11.4 Å². The maximum absolute atomic E-state index is 8.47. The third-order valence-electron chi connectivity index (χ3n) is 10.3. The second-order valence-corrected chi connectivity index (χ2v) is 11.9. The maximum atomic E-state index is 8.47. The molecule has 2 aliphatic heterocycles. The Labute approximate surface area is 227 Å². The molecule has 184 valence electrons. The van der Waals surface area contributed by atoms with Gasteiger partial charge in [-0.15, -0.1) is 0 Å². The zero-order chi connectivity index (χ0) is 25.5. The number of nitrogens with zero attached hydrogens (tertiary/aromatic N) is 2. The van der Waals surface area contributed by atoms with Crippen molar-refractivity contribution in [3.05, 3.63) is 164 Å². The van der Waals surface area contributed by atoms with Crippen molar-refractivity contribution >= 4 is 12.0 Å². The van der Waals surface area contributed by atoms with Gasteiger partial charge in [0.1, 0.15) is 0 Å². The summed E-state index contributed by atoms with van der Waals surface area (Å²) in [5.74, 6) is 0.440. The van der Waals surface area contributed by atoms with Crippen LogP contribution in [0.15, 0.2) is 97.2 Å². The molecule has 3 nitrogen and oxygen atoms in total. The molecule has 0 radical (unpaired) electrons. The molecule has 1 aromatic heterocycles. The Morgan fingerprint density at radius 2 is 1.36 bits per heavy atom. The summed E-state index contributed by atoms with van der Waals surface area (Å²) in [5, 5.41) is 8.47. The summed E-state index contributed by atoms with van der Waals surface area (Å²) < 4.78 is 2.65. The quantitative estimate of drug-likeness (QED) is 0.168. The van der Waals surface area contributed by atoms with E-state index in [1.54, 1.807) is 6.34 Å².